The van der Waals surface area contributed by atoms with E-state index in [-0.39, 0.29) is 0 Å². The van der Waals surface area contributed by atoms with Crippen LogP contribution in [0.1, 0.15) is 43.4 Å². The van der Waals surface area contributed by atoms with Crippen molar-refractivity contribution in [1.82, 2.24) is 0 Å². The van der Waals surface area contributed by atoms with Gasteiger partial charge >= 0.3 is 0 Å². The molecule has 3 heteroatoms. The van der Waals surface area contributed by atoms with Gasteiger partial charge in [-0.2, -0.15) is 0 Å². The van der Waals surface area contributed by atoms with Gasteiger partial charge in [0.2, 0.25) is 0 Å². The van der Waals surface area contributed by atoms with Crippen LogP contribution in [0.3, 0.4) is 0 Å². The molecule has 1 aromatic rings. The Kier molecular flexibility index (Phi) is 3.87. The fourth-order valence-corrected chi connectivity index (χ4v) is 2.62. The zero-order valence-electron chi connectivity index (χ0n) is 9.50. The second-order valence-corrected chi connectivity index (χ2v) is 5.16. The fraction of sp³-hybridized carbons (Fsp3) is 0.538. The quantitative estimate of drug-likeness (QED) is 0.915. The van der Waals surface area contributed by atoms with Crippen molar-refractivity contribution in [3.8, 4) is 5.75 Å². The average Bonchev–Trinajstić information content (AvgIpc) is 2.72. The van der Waals surface area contributed by atoms with Gasteiger partial charge in [-0.3, -0.25) is 0 Å². The predicted molar refractivity (Wildman–Crippen MR) is 67.8 cm³/mol. The van der Waals surface area contributed by atoms with Crippen LogP contribution in [0.4, 0.5) is 0 Å². The van der Waals surface area contributed by atoms with Crippen molar-refractivity contribution in [2.75, 3.05) is 6.61 Å². The summed E-state index contributed by atoms with van der Waals surface area (Å²) in [5, 5.41) is 10.1. The molecule has 0 radical (unpaired) electrons. The van der Waals surface area contributed by atoms with E-state index >= 15 is 0 Å². The van der Waals surface area contributed by atoms with Gasteiger partial charge in [-0.25, -0.2) is 0 Å². The minimum atomic E-state index is -0.399. The Balaban J connectivity index is 2.26. The van der Waals surface area contributed by atoms with Crippen LogP contribution in [0.15, 0.2) is 16.6 Å². The molecule has 1 atom stereocenters. The maximum Gasteiger partial charge on any atom is 0.128 e. The Hall–Kier alpha value is -0.540. The van der Waals surface area contributed by atoms with E-state index in [2.05, 4.69) is 28.9 Å². The standard InChI is InChI=1S/C13H17BrO2/c1-2-3-4-12(15)11-8-10(14)7-9-5-6-16-13(9)11/h7-8,12,15H,2-6H2,1H3. The molecule has 16 heavy (non-hydrogen) atoms. The monoisotopic (exact) mass is 284 g/mol. The topological polar surface area (TPSA) is 29.5 Å². The molecular formula is C13H17BrO2. The Bertz CT molecular complexity index is 376. The number of rotatable bonds is 4. The summed E-state index contributed by atoms with van der Waals surface area (Å²) in [4.78, 5) is 0. The molecule has 0 fully saturated rings. The van der Waals surface area contributed by atoms with Crippen LogP contribution in [0.2, 0.25) is 0 Å². The van der Waals surface area contributed by atoms with Crippen LogP contribution < -0.4 is 4.74 Å². The zero-order chi connectivity index (χ0) is 11.5. The largest absolute Gasteiger partial charge is 0.493 e. The first-order chi connectivity index (χ1) is 7.72. The maximum atomic E-state index is 10.1. The molecule has 0 spiro atoms. The highest BCUT2D eigenvalue weighted by Gasteiger charge is 2.21. The summed E-state index contributed by atoms with van der Waals surface area (Å²) in [7, 11) is 0. The summed E-state index contributed by atoms with van der Waals surface area (Å²) in [5.74, 6) is 0.909. The van der Waals surface area contributed by atoms with Gasteiger partial charge in [0.05, 0.1) is 12.7 Å². The minimum absolute atomic E-state index is 0.399. The molecular weight excluding hydrogens is 268 g/mol. The van der Waals surface area contributed by atoms with E-state index in [4.69, 9.17) is 4.74 Å². The highest BCUT2D eigenvalue weighted by molar-refractivity contribution is 9.10. The van der Waals surface area contributed by atoms with Crippen LogP contribution in [-0.4, -0.2) is 11.7 Å². The molecule has 0 aromatic heterocycles. The molecule has 1 heterocycles. The lowest BCUT2D eigenvalue weighted by molar-refractivity contribution is 0.160. The number of hydrogen-bond donors (Lipinski definition) is 1. The molecule has 1 aliphatic rings. The van der Waals surface area contributed by atoms with E-state index < -0.39 is 6.10 Å². The Morgan fingerprint density at radius 3 is 3.06 bits per heavy atom. The number of aliphatic hydroxyl groups is 1. The minimum Gasteiger partial charge on any atom is -0.493 e. The van der Waals surface area contributed by atoms with Gasteiger partial charge in [0.1, 0.15) is 5.75 Å². The van der Waals surface area contributed by atoms with E-state index in [1.54, 1.807) is 0 Å². The third-order valence-corrected chi connectivity index (χ3v) is 3.43. The van der Waals surface area contributed by atoms with E-state index in [0.29, 0.717) is 0 Å². The Morgan fingerprint density at radius 2 is 2.31 bits per heavy atom. The molecule has 0 saturated carbocycles. The summed E-state index contributed by atoms with van der Waals surface area (Å²) in [6, 6.07) is 4.06. The van der Waals surface area contributed by atoms with E-state index in [0.717, 1.165) is 48.1 Å². The van der Waals surface area contributed by atoms with Crippen molar-refractivity contribution >= 4 is 15.9 Å². The number of fused-ring (bicyclic) bond motifs is 1. The van der Waals surface area contributed by atoms with E-state index in [9.17, 15) is 5.11 Å². The van der Waals surface area contributed by atoms with Gasteiger partial charge < -0.3 is 9.84 Å². The first-order valence-electron chi connectivity index (χ1n) is 5.85. The van der Waals surface area contributed by atoms with Crippen molar-refractivity contribution in [3.05, 3.63) is 27.7 Å². The van der Waals surface area contributed by atoms with Crippen LogP contribution in [0.25, 0.3) is 0 Å². The van der Waals surface area contributed by atoms with Crippen molar-refractivity contribution in [2.24, 2.45) is 0 Å². The van der Waals surface area contributed by atoms with Crippen LogP contribution in [0.5, 0.6) is 5.75 Å². The predicted octanol–water partition coefficient (Wildman–Crippen LogP) is 3.61. The number of halogens is 1. The van der Waals surface area contributed by atoms with Crippen molar-refractivity contribution in [3.63, 3.8) is 0 Å². The molecule has 88 valence electrons. The molecule has 1 N–H and O–H groups in total. The fourth-order valence-electron chi connectivity index (χ4n) is 2.10. The average molecular weight is 285 g/mol. The Morgan fingerprint density at radius 1 is 1.50 bits per heavy atom. The van der Waals surface area contributed by atoms with Gasteiger partial charge in [-0.1, -0.05) is 35.7 Å². The van der Waals surface area contributed by atoms with E-state index in [1.165, 1.54) is 5.56 Å². The lowest BCUT2D eigenvalue weighted by Crippen LogP contribution is -2.00. The summed E-state index contributed by atoms with van der Waals surface area (Å²) >= 11 is 3.49. The molecule has 0 amide bonds. The van der Waals surface area contributed by atoms with Crippen LogP contribution >= 0.6 is 15.9 Å². The van der Waals surface area contributed by atoms with Gasteiger partial charge in [0.15, 0.2) is 0 Å². The van der Waals surface area contributed by atoms with Gasteiger partial charge in [-0.15, -0.1) is 0 Å². The lowest BCUT2D eigenvalue weighted by atomic mass is 10.00. The zero-order valence-corrected chi connectivity index (χ0v) is 11.1. The molecule has 0 aliphatic carbocycles. The Labute approximate surface area is 105 Å². The number of ether oxygens (including phenoxy) is 1. The van der Waals surface area contributed by atoms with Crippen molar-refractivity contribution in [1.29, 1.82) is 0 Å². The summed E-state index contributed by atoms with van der Waals surface area (Å²) in [5.41, 5.74) is 2.15. The molecule has 1 aromatic carbocycles. The first-order valence-corrected chi connectivity index (χ1v) is 6.65. The molecule has 1 unspecified atom stereocenters. The molecule has 1 aliphatic heterocycles. The molecule has 2 nitrogen and oxygen atoms in total. The third-order valence-electron chi connectivity index (χ3n) is 2.97. The van der Waals surface area contributed by atoms with Crippen molar-refractivity contribution < 1.29 is 9.84 Å². The lowest BCUT2D eigenvalue weighted by Gasteiger charge is -2.14. The van der Waals surface area contributed by atoms with Crippen molar-refractivity contribution in [2.45, 2.75) is 38.7 Å². The van der Waals surface area contributed by atoms with Gasteiger partial charge in [-0.05, 0) is 24.1 Å². The summed E-state index contributed by atoms with van der Waals surface area (Å²) in [6.07, 6.45) is 3.51. The third kappa shape index (κ3) is 2.41. The highest BCUT2D eigenvalue weighted by Crippen LogP contribution is 2.37. The SMILES string of the molecule is CCCCC(O)c1cc(Br)cc2c1OCC2. The number of aliphatic hydroxyl groups excluding tert-OH is 1. The molecule has 0 saturated heterocycles. The first kappa shape index (κ1) is 11.9. The van der Waals surface area contributed by atoms with Gasteiger partial charge in [0, 0.05) is 16.5 Å². The number of hydrogen-bond acceptors (Lipinski definition) is 2. The molecule has 0 bridgehead atoms. The smallest absolute Gasteiger partial charge is 0.128 e. The maximum absolute atomic E-state index is 10.1. The highest BCUT2D eigenvalue weighted by atomic mass is 79.9. The molecule has 2 rings (SSSR count). The number of unbranched alkanes of at least 4 members (excludes halogenated alkanes) is 1. The summed E-state index contributed by atoms with van der Waals surface area (Å²) in [6.45, 7) is 2.87. The van der Waals surface area contributed by atoms with Gasteiger partial charge in [0.25, 0.3) is 0 Å². The second-order valence-electron chi connectivity index (χ2n) is 4.24. The number of benzene rings is 1. The normalized spacial score (nSPS) is 15.7. The second kappa shape index (κ2) is 5.19. The van der Waals surface area contributed by atoms with E-state index in [1.807, 2.05) is 6.07 Å². The van der Waals surface area contributed by atoms with Crippen LogP contribution in [0, 0.1) is 0 Å². The summed E-state index contributed by atoms with van der Waals surface area (Å²) < 4.78 is 6.63. The van der Waals surface area contributed by atoms with Crippen LogP contribution in [-0.2, 0) is 6.42 Å².